The Kier molecular flexibility index (Phi) is 4.67. The lowest BCUT2D eigenvalue weighted by Gasteiger charge is -2.26. The molecule has 0 N–H and O–H groups in total. The van der Waals surface area contributed by atoms with Gasteiger partial charge in [-0.15, -0.1) is 0 Å². The van der Waals surface area contributed by atoms with Crippen LogP contribution < -0.4 is 4.90 Å². The van der Waals surface area contributed by atoms with E-state index in [-0.39, 0.29) is 0 Å². The van der Waals surface area contributed by atoms with Crippen molar-refractivity contribution in [3.05, 3.63) is 139 Å². The maximum atomic E-state index is 2.33. The van der Waals surface area contributed by atoms with Gasteiger partial charge in [0.1, 0.15) is 0 Å². The van der Waals surface area contributed by atoms with Gasteiger partial charge >= 0.3 is 0 Å². The predicted molar refractivity (Wildman–Crippen MR) is 149 cm³/mol. The van der Waals surface area contributed by atoms with Crippen LogP contribution in [0.3, 0.4) is 0 Å². The second-order valence-corrected chi connectivity index (χ2v) is 9.28. The van der Waals surface area contributed by atoms with Crippen LogP contribution in [0.5, 0.6) is 0 Å². The third-order valence-corrected chi connectivity index (χ3v) is 7.27. The SMILES string of the molecule is C1=CC2=C(CC1)c1cccc3c(-c4cccc(N(c5ccccc5)c5ccccc5)c4)ccc2c13. The lowest BCUT2D eigenvalue weighted by atomic mass is 9.93. The molecular weight excluding hydrogens is 422 g/mol. The minimum Gasteiger partial charge on any atom is -0.310 e. The Morgan fingerprint density at radius 2 is 1.23 bits per heavy atom. The number of para-hydroxylation sites is 2. The highest BCUT2D eigenvalue weighted by molar-refractivity contribution is 6.19. The minimum absolute atomic E-state index is 1.13. The highest BCUT2D eigenvalue weighted by Crippen LogP contribution is 2.48. The van der Waals surface area contributed by atoms with E-state index in [1.807, 2.05) is 0 Å². The van der Waals surface area contributed by atoms with E-state index in [1.165, 1.54) is 44.2 Å². The molecule has 2 aliphatic carbocycles. The zero-order chi connectivity index (χ0) is 23.2. The fraction of sp³-hybridized carbons (Fsp3) is 0.0588. The monoisotopic (exact) mass is 447 g/mol. The zero-order valence-electron chi connectivity index (χ0n) is 19.5. The summed E-state index contributed by atoms with van der Waals surface area (Å²) in [6.45, 7) is 0. The fourth-order valence-electron chi connectivity index (χ4n) is 5.74. The van der Waals surface area contributed by atoms with E-state index in [4.69, 9.17) is 0 Å². The molecule has 1 nitrogen and oxygen atoms in total. The van der Waals surface area contributed by atoms with Gasteiger partial charge in [-0.2, -0.15) is 0 Å². The second kappa shape index (κ2) is 8.14. The smallest absolute Gasteiger partial charge is 0.0467 e. The fourth-order valence-corrected chi connectivity index (χ4v) is 5.74. The molecule has 166 valence electrons. The van der Waals surface area contributed by atoms with Gasteiger partial charge in [0.25, 0.3) is 0 Å². The van der Waals surface area contributed by atoms with Gasteiger partial charge in [-0.25, -0.2) is 0 Å². The second-order valence-electron chi connectivity index (χ2n) is 9.28. The van der Waals surface area contributed by atoms with E-state index < -0.39 is 0 Å². The molecule has 0 saturated heterocycles. The summed E-state index contributed by atoms with van der Waals surface area (Å²) >= 11 is 0. The number of anilines is 3. The number of allylic oxidation sites excluding steroid dienone is 4. The van der Waals surface area contributed by atoms with Crippen molar-refractivity contribution in [3.63, 3.8) is 0 Å². The summed E-state index contributed by atoms with van der Waals surface area (Å²) in [7, 11) is 0. The average Bonchev–Trinajstić information content (AvgIpc) is 3.26. The van der Waals surface area contributed by atoms with Gasteiger partial charge in [0.05, 0.1) is 0 Å². The lowest BCUT2D eigenvalue weighted by molar-refractivity contribution is 1.06. The van der Waals surface area contributed by atoms with Crippen molar-refractivity contribution < 1.29 is 0 Å². The van der Waals surface area contributed by atoms with Gasteiger partial charge in [-0.3, -0.25) is 0 Å². The summed E-state index contributed by atoms with van der Waals surface area (Å²) in [6, 6.07) is 41.6. The van der Waals surface area contributed by atoms with Gasteiger partial charge in [0, 0.05) is 17.1 Å². The van der Waals surface area contributed by atoms with Crippen LogP contribution in [0.15, 0.2) is 127 Å². The molecule has 0 bridgehead atoms. The predicted octanol–water partition coefficient (Wildman–Crippen LogP) is 9.55. The summed E-state index contributed by atoms with van der Waals surface area (Å²) in [5, 5.41) is 2.75. The van der Waals surface area contributed by atoms with Crippen LogP contribution in [-0.4, -0.2) is 0 Å². The van der Waals surface area contributed by atoms with Crippen LogP contribution in [0.2, 0.25) is 0 Å². The molecule has 7 rings (SSSR count). The lowest BCUT2D eigenvalue weighted by Crippen LogP contribution is -2.09. The van der Waals surface area contributed by atoms with Crippen LogP contribution in [0, 0.1) is 0 Å². The molecule has 0 fully saturated rings. The van der Waals surface area contributed by atoms with Crippen molar-refractivity contribution in [1.29, 1.82) is 0 Å². The summed E-state index contributed by atoms with van der Waals surface area (Å²) in [5.41, 5.74) is 11.7. The molecule has 1 heteroatoms. The van der Waals surface area contributed by atoms with Crippen molar-refractivity contribution >= 4 is 39.0 Å². The van der Waals surface area contributed by atoms with Crippen molar-refractivity contribution in [2.45, 2.75) is 12.8 Å². The Hall–Kier alpha value is -4.36. The first-order valence-electron chi connectivity index (χ1n) is 12.4. The number of hydrogen-bond donors (Lipinski definition) is 0. The van der Waals surface area contributed by atoms with E-state index >= 15 is 0 Å². The quantitative estimate of drug-likeness (QED) is 0.265. The minimum atomic E-state index is 1.13. The number of hydrogen-bond acceptors (Lipinski definition) is 1. The van der Waals surface area contributed by atoms with Crippen LogP contribution in [0.4, 0.5) is 17.1 Å². The van der Waals surface area contributed by atoms with E-state index in [9.17, 15) is 0 Å². The molecule has 0 aliphatic heterocycles. The van der Waals surface area contributed by atoms with Crippen LogP contribution in [-0.2, 0) is 0 Å². The maximum absolute atomic E-state index is 2.33. The van der Waals surface area contributed by atoms with E-state index in [0.29, 0.717) is 0 Å². The number of rotatable bonds is 4. The van der Waals surface area contributed by atoms with Gasteiger partial charge in [0.15, 0.2) is 0 Å². The normalized spacial score (nSPS) is 13.8. The Morgan fingerprint density at radius 3 is 2.00 bits per heavy atom. The highest BCUT2D eigenvalue weighted by Gasteiger charge is 2.25. The third kappa shape index (κ3) is 3.24. The number of fused-ring (bicyclic) bond motifs is 2. The Balaban J connectivity index is 1.40. The molecule has 35 heavy (non-hydrogen) atoms. The zero-order valence-corrected chi connectivity index (χ0v) is 19.5. The van der Waals surface area contributed by atoms with E-state index in [1.54, 1.807) is 0 Å². The van der Waals surface area contributed by atoms with E-state index in [2.05, 4.69) is 132 Å². The topological polar surface area (TPSA) is 3.24 Å². The Morgan fingerprint density at radius 1 is 0.543 bits per heavy atom. The number of benzene rings is 5. The van der Waals surface area contributed by atoms with Gasteiger partial charge in [-0.1, -0.05) is 91.0 Å². The Labute approximate surface area is 206 Å². The molecule has 0 aromatic heterocycles. The van der Waals surface area contributed by atoms with Crippen LogP contribution in [0.1, 0.15) is 24.0 Å². The highest BCUT2D eigenvalue weighted by atomic mass is 15.1. The van der Waals surface area contributed by atoms with Gasteiger partial charge < -0.3 is 4.90 Å². The third-order valence-electron chi connectivity index (χ3n) is 7.27. The molecule has 0 amide bonds. The van der Waals surface area contributed by atoms with Gasteiger partial charge in [0.2, 0.25) is 0 Å². The molecule has 0 atom stereocenters. The van der Waals surface area contributed by atoms with Crippen molar-refractivity contribution in [1.82, 2.24) is 0 Å². The average molecular weight is 448 g/mol. The first-order chi connectivity index (χ1) is 17.4. The van der Waals surface area contributed by atoms with E-state index in [0.717, 1.165) is 29.9 Å². The molecule has 2 aliphatic rings. The van der Waals surface area contributed by atoms with Crippen LogP contribution >= 0.6 is 0 Å². The maximum Gasteiger partial charge on any atom is 0.0467 e. The van der Waals surface area contributed by atoms with Gasteiger partial charge in [-0.05, 0) is 93.4 Å². The standard InChI is InChI=1S/C34H25N/c1-3-12-25(13-4-1)35(26-14-5-2-6-15-26)27-16-9-11-24(23-27)28-21-22-33-30-18-8-7-17-29(30)32-20-10-19-31(28)34(32)33/h1-6,8-16,18-23H,7,17H2. The summed E-state index contributed by atoms with van der Waals surface area (Å²) < 4.78 is 0. The van der Waals surface area contributed by atoms with Crippen molar-refractivity contribution in [3.8, 4) is 11.1 Å². The summed E-state index contributed by atoms with van der Waals surface area (Å²) in [4.78, 5) is 2.33. The molecule has 5 aromatic rings. The molecule has 0 radical (unpaired) electrons. The van der Waals surface area contributed by atoms with Crippen molar-refractivity contribution in [2.75, 3.05) is 4.90 Å². The van der Waals surface area contributed by atoms with Crippen molar-refractivity contribution in [2.24, 2.45) is 0 Å². The first-order valence-corrected chi connectivity index (χ1v) is 12.4. The largest absolute Gasteiger partial charge is 0.310 e. The molecule has 0 saturated carbocycles. The molecular formula is C34H25N. The molecule has 0 heterocycles. The summed E-state index contributed by atoms with van der Waals surface area (Å²) in [6.07, 6.45) is 6.90. The Bertz CT molecular complexity index is 1580. The molecule has 5 aromatic carbocycles. The number of nitrogens with zero attached hydrogens (tertiary/aromatic N) is 1. The first kappa shape index (κ1) is 20.1. The molecule has 0 spiro atoms. The summed E-state index contributed by atoms with van der Waals surface area (Å²) in [5.74, 6) is 0. The van der Waals surface area contributed by atoms with Crippen LogP contribution in [0.25, 0.3) is 33.0 Å². The molecule has 0 unspecified atom stereocenters.